The number of anilines is 6. The van der Waals surface area contributed by atoms with Crippen molar-refractivity contribution in [1.82, 2.24) is 0 Å². The first-order valence-electron chi connectivity index (χ1n) is 21.7. The van der Waals surface area contributed by atoms with Crippen LogP contribution in [0.1, 0.15) is 0 Å². The number of hydrogen-bond donors (Lipinski definition) is 0. The zero-order chi connectivity index (χ0) is 42.0. The summed E-state index contributed by atoms with van der Waals surface area (Å²) in [7, 11) is -2.94. The molecule has 0 atom stereocenters. The molecule has 0 saturated carbocycles. The second-order valence-electron chi connectivity index (χ2n) is 16.1. The third kappa shape index (κ3) is 6.86. The Labute approximate surface area is 371 Å². The molecule has 1 aliphatic heterocycles. The second kappa shape index (κ2) is 16.5. The summed E-state index contributed by atoms with van der Waals surface area (Å²) in [5.41, 5.74) is 14.0. The van der Waals surface area contributed by atoms with E-state index in [0.717, 1.165) is 22.7 Å². The molecule has 0 aliphatic carbocycles. The average Bonchev–Trinajstić information content (AvgIpc) is 3.37. The van der Waals surface area contributed by atoms with Gasteiger partial charge < -0.3 is 9.80 Å². The van der Waals surface area contributed by atoms with E-state index >= 15 is 0 Å². The molecule has 0 radical (unpaired) electrons. The molecule has 298 valence electrons. The fraction of sp³-hybridized carbons (Fsp3) is 0. The Balaban J connectivity index is 1.13. The van der Waals surface area contributed by atoms with Crippen LogP contribution >= 0.6 is 0 Å². The Morgan fingerprint density at radius 1 is 0.270 bits per heavy atom. The summed E-state index contributed by atoms with van der Waals surface area (Å²) in [6, 6.07) is 97.9. The molecule has 0 bridgehead atoms. The lowest BCUT2D eigenvalue weighted by atomic mass is 10.00. The second-order valence-corrected chi connectivity index (χ2v) is 19.8. The highest BCUT2D eigenvalue weighted by molar-refractivity contribution is 7.21. The molecule has 3 heteroatoms. The van der Waals surface area contributed by atoms with Gasteiger partial charge in [-0.1, -0.05) is 206 Å². The van der Waals surface area contributed by atoms with Crippen LogP contribution in [-0.4, -0.2) is 8.07 Å². The van der Waals surface area contributed by atoms with Crippen LogP contribution in [0.4, 0.5) is 34.1 Å². The molecule has 1 heterocycles. The van der Waals surface area contributed by atoms with E-state index in [0.29, 0.717) is 0 Å². The molecule has 11 rings (SSSR count). The van der Waals surface area contributed by atoms with Crippen molar-refractivity contribution in [1.29, 1.82) is 0 Å². The Kier molecular flexibility index (Phi) is 9.93. The van der Waals surface area contributed by atoms with Gasteiger partial charge in [-0.15, -0.1) is 0 Å². The number of fused-ring (bicyclic) bond motifs is 2. The number of para-hydroxylation sites is 2. The fourth-order valence-corrected chi connectivity index (χ4v) is 14.8. The Morgan fingerprint density at radius 2 is 0.683 bits per heavy atom. The van der Waals surface area contributed by atoms with Crippen molar-refractivity contribution in [3.63, 3.8) is 0 Å². The standard InChI is InChI=1S/C60H44N2Si/c1-6-19-45(20-7-1)47-33-35-48(36-34-47)49-37-39-52(40-38-49)61(53-26-18-23-50(43-53)46-21-8-2-9-22-46)54-41-42-58-60(44-54)63(55-27-12-4-13-28-55,56-29-14-5-15-30-56)59-32-17-16-31-57(59)62(58)51-24-10-3-11-25-51/h1-44H. The monoisotopic (exact) mass is 820 g/mol. The Morgan fingerprint density at radius 3 is 1.27 bits per heavy atom. The van der Waals surface area contributed by atoms with Gasteiger partial charge in [-0.3, -0.25) is 0 Å². The third-order valence-corrected chi connectivity index (χ3v) is 17.4. The first kappa shape index (κ1) is 38.0. The highest BCUT2D eigenvalue weighted by atomic mass is 28.3. The van der Waals surface area contributed by atoms with E-state index in [2.05, 4.69) is 277 Å². The lowest BCUT2D eigenvalue weighted by Crippen LogP contribution is -2.77. The number of hydrogen-bond acceptors (Lipinski definition) is 2. The molecule has 63 heavy (non-hydrogen) atoms. The van der Waals surface area contributed by atoms with Crippen molar-refractivity contribution in [2.75, 3.05) is 9.80 Å². The first-order valence-corrected chi connectivity index (χ1v) is 23.7. The molecular formula is C60H44N2Si. The van der Waals surface area contributed by atoms with Crippen molar-refractivity contribution < 1.29 is 0 Å². The van der Waals surface area contributed by atoms with E-state index in [9.17, 15) is 0 Å². The first-order chi connectivity index (χ1) is 31.3. The molecule has 0 spiro atoms. The summed E-state index contributed by atoms with van der Waals surface area (Å²) in [5, 5.41) is 5.43. The van der Waals surface area contributed by atoms with E-state index in [1.165, 1.54) is 65.5 Å². The van der Waals surface area contributed by atoms with Crippen molar-refractivity contribution in [2.24, 2.45) is 0 Å². The maximum Gasteiger partial charge on any atom is 0.184 e. The molecule has 0 amide bonds. The molecule has 10 aromatic rings. The lowest BCUT2D eigenvalue weighted by Gasteiger charge is -2.45. The predicted molar refractivity (Wildman–Crippen MR) is 269 cm³/mol. The SMILES string of the molecule is c1ccc(-c2ccc(-c3ccc(N(c4cccc(-c5ccccc5)c4)c4ccc5c(c4)[Si](c4ccccc4)(c4ccccc4)c4ccccc4N5c4ccccc4)cc3)cc2)cc1. The van der Waals surface area contributed by atoms with Gasteiger partial charge in [0.1, 0.15) is 0 Å². The zero-order valence-corrected chi connectivity index (χ0v) is 35.8. The topological polar surface area (TPSA) is 6.48 Å². The lowest BCUT2D eigenvalue weighted by molar-refractivity contribution is 1.26. The van der Waals surface area contributed by atoms with Crippen molar-refractivity contribution in [2.45, 2.75) is 0 Å². The molecule has 2 nitrogen and oxygen atoms in total. The minimum Gasteiger partial charge on any atom is -0.311 e. The van der Waals surface area contributed by atoms with Gasteiger partial charge in [0.25, 0.3) is 0 Å². The van der Waals surface area contributed by atoms with Gasteiger partial charge in [-0.2, -0.15) is 0 Å². The van der Waals surface area contributed by atoms with Gasteiger partial charge in [0.2, 0.25) is 0 Å². The van der Waals surface area contributed by atoms with Gasteiger partial charge in [-0.25, -0.2) is 0 Å². The van der Waals surface area contributed by atoms with Crippen molar-refractivity contribution in [3.05, 3.63) is 267 Å². The molecule has 0 unspecified atom stereocenters. The van der Waals surface area contributed by atoms with Crippen LogP contribution in [0.5, 0.6) is 0 Å². The van der Waals surface area contributed by atoms with Crippen LogP contribution < -0.4 is 30.5 Å². The maximum absolute atomic E-state index is 2.94. The van der Waals surface area contributed by atoms with Gasteiger partial charge in [-0.05, 0) is 115 Å². The minimum absolute atomic E-state index is 1.09. The van der Waals surface area contributed by atoms with Gasteiger partial charge in [0, 0.05) is 34.1 Å². The summed E-state index contributed by atoms with van der Waals surface area (Å²) < 4.78 is 0. The van der Waals surface area contributed by atoms with Crippen LogP contribution in [0.3, 0.4) is 0 Å². The van der Waals surface area contributed by atoms with Crippen LogP contribution in [-0.2, 0) is 0 Å². The summed E-state index contributed by atoms with van der Waals surface area (Å²) >= 11 is 0. The summed E-state index contributed by atoms with van der Waals surface area (Å²) in [5.74, 6) is 0. The summed E-state index contributed by atoms with van der Waals surface area (Å²) in [6.45, 7) is 0. The van der Waals surface area contributed by atoms with Crippen LogP contribution in [0.25, 0.3) is 33.4 Å². The van der Waals surface area contributed by atoms with E-state index < -0.39 is 8.07 Å². The van der Waals surface area contributed by atoms with Gasteiger partial charge >= 0.3 is 0 Å². The van der Waals surface area contributed by atoms with Crippen molar-refractivity contribution in [3.8, 4) is 33.4 Å². The smallest absolute Gasteiger partial charge is 0.184 e. The number of nitrogens with zero attached hydrogens (tertiary/aromatic N) is 2. The maximum atomic E-state index is 2.51. The number of benzene rings is 10. The van der Waals surface area contributed by atoms with E-state index in [1.54, 1.807) is 0 Å². The van der Waals surface area contributed by atoms with E-state index in [1.807, 2.05) is 0 Å². The molecular weight excluding hydrogens is 777 g/mol. The molecule has 0 saturated heterocycles. The zero-order valence-electron chi connectivity index (χ0n) is 34.8. The Hall–Kier alpha value is -7.98. The minimum atomic E-state index is -2.94. The summed E-state index contributed by atoms with van der Waals surface area (Å²) in [4.78, 5) is 4.92. The highest BCUT2D eigenvalue weighted by Crippen LogP contribution is 2.42. The average molecular weight is 821 g/mol. The molecule has 10 aromatic carbocycles. The normalized spacial score (nSPS) is 12.5. The van der Waals surface area contributed by atoms with Crippen molar-refractivity contribution >= 4 is 62.9 Å². The van der Waals surface area contributed by atoms with E-state index in [4.69, 9.17) is 0 Å². The van der Waals surface area contributed by atoms with E-state index in [-0.39, 0.29) is 0 Å². The molecule has 0 N–H and O–H groups in total. The Bertz CT molecular complexity index is 3100. The molecule has 0 fully saturated rings. The highest BCUT2D eigenvalue weighted by Gasteiger charge is 2.49. The fourth-order valence-electron chi connectivity index (χ4n) is 9.63. The van der Waals surface area contributed by atoms with Crippen LogP contribution in [0, 0.1) is 0 Å². The third-order valence-electron chi connectivity index (χ3n) is 12.5. The van der Waals surface area contributed by atoms with Gasteiger partial charge in [0.15, 0.2) is 8.07 Å². The molecule has 1 aliphatic rings. The van der Waals surface area contributed by atoms with Gasteiger partial charge in [0.05, 0.1) is 0 Å². The predicted octanol–water partition coefficient (Wildman–Crippen LogP) is 13.3. The summed E-state index contributed by atoms with van der Waals surface area (Å²) in [6.07, 6.45) is 0. The molecule has 0 aromatic heterocycles. The largest absolute Gasteiger partial charge is 0.311 e. The quantitative estimate of drug-likeness (QED) is 0.134. The van der Waals surface area contributed by atoms with Crippen LogP contribution in [0.15, 0.2) is 267 Å². The number of rotatable bonds is 9. The van der Waals surface area contributed by atoms with Crippen LogP contribution in [0.2, 0.25) is 0 Å².